The summed E-state index contributed by atoms with van der Waals surface area (Å²) in [5, 5.41) is 3.38. The van der Waals surface area contributed by atoms with Crippen LogP contribution in [-0.2, 0) is 6.54 Å². The topological polar surface area (TPSA) is 24.5 Å². The van der Waals surface area contributed by atoms with Crippen molar-refractivity contribution in [1.82, 2.24) is 10.2 Å². The van der Waals surface area contributed by atoms with Crippen LogP contribution in [0.2, 0.25) is 0 Å². The minimum atomic E-state index is 0.800. The van der Waals surface area contributed by atoms with Crippen molar-refractivity contribution in [2.24, 2.45) is 0 Å². The van der Waals surface area contributed by atoms with Gasteiger partial charge in [0.2, 0.25) is 0 Å². The highest BCUT2D eigenvalue weighted by Crippen LogP contribution is 2.25. The van der Waals surface area contributed by atoms with Crippen molar-refractivity contribution in [3.8, 4) is 5.75 Å². The largest absolute Gasteiger partial charge is 0.492 e. The third-order valence-corrected chi connectivity index (χ3v) is 4.20. The van der Waals surface area contributed by atoms with E-state index in [9.17, 15) is 0 Å². The number of aryl methyl sites for hydroxylation is 2. The van der Waals surface area contributed by atoms with E-state index in [2.05, 4.69) is 43.1 Å². The second-order valence-electron chi connectivity index (χ2n) is 6.09. The number of rotatable bonds is 7. The van der Waals surface area contributed by atoms with Crippen molar-refractivity contribution in [3.63, 3.8) is 0 Å². The van der Waals surface area contributed by atoms with Crippen molar-refractivity contribution < 1.29 is 4.74 Å². The van der Waals surface area contributed by atoms with Crippen LogP contribution in [0.3, 0.4) is 0 Å². The number of ether oxygens (including phenoxy) is 1. The summed E-state index contributed by atoms with van der Waals surface area (Å²) in [6, 6.07) is 4.48. The van der Waals surface area contributed by atoms with Crippen LogP contribution in [0.4, 0.5) is 0 Å². The molecular formula is C18H30N2O. The molecule has 1 aliphatic heterocycles. The molecule has 1 heterocycles. The minimum absolute atomic E-state index is 0.800. The van der Waals surface area contributed by atoms with Crippen LogP contribution >= 0.6 is 0 Å². The lowest BCUT2D eigenvalue weighted by atomic mass is 10.1. The molecule has 0 unspecified atom stereocenters. The van der Waals surface area contributed by atoms with Gasteiger partial charge in [0.25, 0.3) is 0 Å². The first-order valence-corrected chi connectivity index (χ1v) is 8.36. The summed E-state index contributed by atoms with van der Waals surface area (Å²) in [4.78, 5) is 2.52. The van der Waals surface area contributed by atoms with E-state index in [0.29, 0.717) is 0 Å². The van der Waals surface area contributed by atoms with E-state index in [1.807, 2.05) is 0 Å². The van der Waals surface area contributed by atoms with Crippen molar-refractivity contribution in [2.45, 2.75) is 46.6 Å². The summed E-state index contributed by atoms with van der Waals surface area (Å²) < 4.78 is 6.07. The molecule has 1 N–H and O–H groups in total. The van der Waals surface area contributed by atoms with Crippen molar-refractivity contribution in [2.75, 3.05) is 32.8 Å². The number of hydrogen-bond acceptors (Lipinski definition) is 3. The molecule has 0 amide bonds. The van der Waals surface area contributed by atoms with E-state index >= 15 is 0 Å². The molecule has 118 valence electrons. The SMILES string of the molecule is CCNCc1cc(C)c(OCCN2CCCCC2)c(C)c1. The second-order valence-corrected chi connectivity index (χ2v) is 6.09. The molecule has 1 saturated heterocycles. The lowest BCUT2D eigenvalue weighted by Crippen LogP contribution is -2.33. The number of benzene rings is 1. The highest BCUT2D eigenvalue weighted by molar-refractivity contribution is 5.43. The van der Waals surface area contributed by atoms with Gasteiger partial charge in [-0.2, -0.15) is 0 Å². The lowest BCUT2D eigenvalue weighted by Gasteiger charge is -2.26. The maximum absolute atomic E-state index is 6.07. The van der Waals surface area contributed by atoms with Gasteiger partial charge in [0.1, 0.15) is 12.4 Å². The maximum Gasteiger partial charge on any atom is 0.125 e. The van der Waals surface area contributed by atoms with Gasteiger partial charge in [-0.05, 0) is 63.0 Å². The molecule has 0 saturated carbocycles. The van der Waals surface area contributed by atoms with Gasteiger partial charge in [-0.1, -0.05) is 25.5 Å². The highest BCUT2D eigenvalue weighted by atomic mass is 16.5. The summed E-state index contributed by atoms with van der Waals surface area (Å²) in [7, 11) is 0. The zero-order valence-electron chi connectivity index (χ0n) is 13.9. The lowest BCUT2D eigenvalue weighted by molar-refractivity contribution is 0.182. The molecule has 0 bridgehead atoms. The van der Waals surface area contributed by atoms with Gasteiger partial charge in [0.15, 0.2) is 0 Å². The first kappa shape index (κ1) is 16.3. The van der Waals surface area contributed by atoms with Gasteiger partial charge in [-0.3, -0.25) is 4.90 Å². The molecule has 3 heteroatoms. The molecule has 21 heavy (non-hydrogen) atoms. The second kappa shape index (κ2) is 8.40. The Labute approximate surface area is 129 Å². The Hall–Kier alpha value is -1.06. The maximum atomic E-state index is 6.07. The van der Waals surface area contributed by atoms with E-state index in [1.54, 1.807) is 0 Å². The molecule has 0 radical (unpaired) electrons. The molecule has 3 nitrogen and oxygen atoms in total. The Bertz CT molecular complexity index is 416. The van der Waals surface area contributed by atoms with Crippen LogP contribution in [0.25, 0.3) is 0 Å². The smallest absolute Gasteiger partial charge is 0.125 e. The van der Waals surface area contributed by atoms with Crippen LogP contribution in [0.5, 0.6) is 5.75 Å². The third-order valence-electron chi connectivity index (χ3n) is 4.20. The van der Waals surface area contributed by atoms with Crippen LogP contribution in [0.1, 0.15) is 42.9 Å². The minimum Gasteiger partial charge on any atom is -0.492 e. The molecule has 1 aromatic rings. The summed E-state index contributed by atoms with van der Waals surface area (Å²) in [6.45, 7) is 12.7. The molecular weight excluding hydrogens is 260 g/mol. The Morgan fingerprint density at radius 3 is 2.38 bits per heavy atom. The Kier molecular flexibility index (Phi) is 6.52. The molecule has 1 aliphatic rings. The molecule has 0 atom stereocenters. The van der Waals surface area contributed by atoms with Gasteiger partial charge in [0.05, 0.1) is 0 Å². The Morgan fingerprint density at radius 2 is 1.76 bits per heavy atom. The molecule has 0 aliphatic carbocycles. The monoisotopic (exact) mass is 290 g/mol. The van der Waals surface area contributed by atoms with Gasteiger partial charge in [0, 0.05) is 13.1 Å². The Balaban J connectivity index is 1.87. The van der Waals surface area contributed by atoms with E-state index in [4.69, 9.17) is 4.74 Å². The first-order valence-electron chi connectivity index (χ1n) is 8.36. The average molecular weight is 290 g/mol. The van der Waals surface area contributed by atoms with Gasteiger partial charge >= 0.3 is 0 Å². The van der Waals surface area contributed by atoms with Gasteiger partial charge in [-0.25, -0.2) is 0 Å². The number of likely N-dealkylation sites (tertiary alicyclic amines) is 1. The van der Waals surface area contributed by atoms with Crippen molar-refractivity contribution >= 4 is 0 Å². The van der Waals surface area contributed by atoms with Crippen molar-refractivity contribution in [3.05, 3.63) is 28.8 Å². The molecule has 1 fully saturated rings. The van der Waals surface area contributed by atoms with E-state index < -0.39 is 0 Å². The first-order chi connectivity index (χ1) is 10.2. The van der Waals surface area contributed by atoms with E-state index in [1.165, 1.54) is 49.0 Å². The van der Waals surface area contributed by atoms with Gasteiger partial charge < -0.3 is 10.1 Å². The summed E-state index contributed by atoms with van der Waals surface area (Å²) >= 11 is 0. The predicted molar refractivity (Wildman–Crippen MR) is 89.1 cm³/mol. The number of hydrogen-bond donors (Lipinski definition) is 1. The van der Waals surface area contributed by atoms with Crippen LogP contribution < -0.4 is 10.1 Å². The zero-order valence-corrected chi connectivity index (χ0v) is 13.9. The fourth-order valence-electron chi connectivity index (χ4n) is 3.10. The van der Waals surface area contributed by atoms with Crippen molar-refractivity contribution in [1.29, 1.82) is 0 Å². The standard InChI is InChI=1S/C18H30N2O/c1-4-19-14-17-12-15(2)18(16(3)13-17)21-11-10-20-8-6-5-7-9-20/h12-13,19H,4-11,14H2,1-3H3. The summed E-state index contributed by atoms with van der Waals surface area (Å²) in [6.07, 6.45) is 4.08. The quantitative estimate of drug-likeness (QED) is 0.834. The summed E-state index contributed by atoms with van der Waals surface area (Å²) in [5.74, 6) is 1.08. The molecule has 1 aromatic carbocycles. The molecule has 0 aromatic heterocycles. The molecule has 2 rings (SSSR count). The highest BCUT2D eigenvalue weighted by Gasteiger charge is 2.11. The fraction of sp³-hybridized carbons (Fsp3) is 0.667. The Morgan fingerprint density at radius 1 is 1.10 bits per heavy atom. The van der Waals surface area contributed by atoms with Crippen LogP contribution in [0.15, 0.2) is 12.1 Å². The zero-order chi connectivity index (χ0) is 15.1. The average Bonchev–Trinajstić information content (AvgIpc) is 2.49. The van der Waals surface area contributed by atoms with Crippen LogP contribution in [-0.4, -0.2) is 37.7 Å². The number of nitrogens with one attached hydrogen (secondary N) is 1. The normalized spacial score (nSPS) is 16.1. The van der Waals surface area contributed by atoms with E-state index in [-0.39, 0.29) is 0 Å². The van der Waals surface area contributed by atoms with E-state index in [0.717, 1.165) is 32.0 Å². The third kappa shape index (κ3) is 5.01. The number of piperidine rings is 1. The fourth-order valence-corrected chi connectivity index (χ4v) is 3.10. The molecule has 0 spiro atoms. The predicted octanol–water partition coefficient (Wildman–Crippen LogP) is 3.28. The van der Waals surface area contributed by atoms with Crippen LogP contribution in [0, 0.1) is 13.8 Å². The number of nitrogens with zero attached hydrogens (tertiary/aromatic N) is 1. The van der Waals surface area contributed by atoms with Gasteiger partial charge in [-0.15, -0.1) is 0 Å². The summed E-state index contributed by atoms with van der Waals surface area (Å²) in [5.41, 5.74) is 3.85.